The summed E-state index contributed by atoms with van der Waals surface area (Å²) in [6.07, 6.45) is -4.30. The zero-order valence-corrected chi connectivity index (χ0v) is 14.6. The van der Waals surface area contributed by atoms with Crippen molar-refractivity contribution in [3.05, 3.63) is 35.4 Å². The summed E-state index contributed by atoms with van der Waals surface area (Å²) in [4.78, 5) is 4.17. The van der Waals surface area contributed by atoms with Crippen LogP contribution < -0.4 is 10.6 Å². The molecule has 1 aromatic rings. The molecule has 1 atom stereocenters. The Balaban J connectivity index is 2.52. The second-order valence-electron chi connectivity index (χ2n) is 6.03. The Morgan fingerprint density at radius 2 is 1.88 bits per heavy atom. The highest BCUT2D eigenvalue weighted by molar-refractivity contribution is 5.79. The second kappa shape index (κ2) is 9.52. The highest BCUT2D eigenvalue weighted by atomic mass is 19.4. The molecule has 0 bridgehead atoms. The largest absolute Gasteiger partial charge is 0.411 e. The molecule has 0 aliphatic carbocycles. The van der Waals surface area contributed by atoms with Crippen LogP contribution in [-0.2, 0) is 17.9 Å². The van der Waals surface area contributed by atoms with Gasteiger partial charge in [0.05, 0.1) is 6.61 Å². The molecule has 1 rings (SSSR count). The van der Waals surface area contributed by atoms with Crippen molar-refractivity contribution in [2.45, 2.75) is 46.1 Å². The maximum Gasteiger partial charge on any atom is 0.411 e. The fourth-order valence-electron chi connectivity index (χ4n) is 1.88. The van der Waals surface area contributed by atoms with Crippen LogP contribution in [0.1, 0.15) is 31.9 Å². The molecule has 0 saturated carbocycles. The zero-order valence-electron chi connectivity index (χ0n) is 14.6. The number of nitrogens with one attached hydrogen (secondary N) is 2. The number of benzene rings is 1. The van der Waals surface area contributed by atoms with Crippen molar-refractivity contribution in [3.63, 3.8) is 0 Å². The van der Waals surface area contributed by atoms with Gasteiger partial charge in [-0.2, -0.15) is 13.2 Å². The Hall–Kier alpha value is -1.76. The highest BCUT2D eigenvalue weighted by Gasteiger charge is 2.27. The fourth-order valence-corrected chi connectivity index (χ4v) is 1.88. The van der Waals surface area contributed by atoms with Crippen LogP contribution in [0.15, 0.2) is 29.3 Å². The van der Waals surface area contributed by atoms with E-state index in [2.05, 4.69) is 41.1 Å². The number of hydrogen-bond donors (Lipinski definition) is 2. The molecule has 1 unspecified atom stereocenters. The minimum atomic E-state index is -4.30. The van der Waals surface area contributed by atoms with Gasteiger partial charge in [0.15, 0.2) is 5.96 Å². The first-order valence-corrected chi connectivity index (χ1v) is 7.90. The number of hydrogen-bond acceptors (Lipinski definition) is 2. The summed E-state index contributed by atoms with van der Waals surface area (Å²) < 4.78 is 41.0. The smallest absolute Gasteiger partial charge is 0.367 e. The Labute approximate surface area is 141 Å². The molecule has 7 heteroatoms. The van der Waals surface area contributed by atoms with E-state index < -0.39 is 12.8 Å². The van der Waals surface area contributed by atoms with Crippen molar-refractivity contribution in [1.29, 1.82) is 0 Å². The monoisotopic (exact) mass is 345 g/mol. The quantitative estimate of drug-likeness (QED) is 0.587. The molecule has 24 heavy (non-hydrogen) atoms. The van der Waals surface area contributed by atoms with Crippen LogP contribution >= 0.6 is 0 Å². The van der Waals surface area contributed by atoms with Crippen molar-refractivity contribution in [2.24, 2.45) is 10.9 Å². The van der Waals surface area contributed by atoms with E-state index in [0.717, 1.165) is 5.56 Å². The second-order valence-corrected chi connectivity index (χ2v) is 6.03. The van der Waals surface area contributed by atoms with Crippen LogP contribution in [0.5, 0.6) is 0 Å². The third-order valence-corrected chi connectivity index (χ3v) is 3.57. The van der Waals surface area contributed by atoms with Gasteiger partial charge in [-0.1, -0.05) is 38.1 Å². The van der Waals surface area contributed by atoms with E-state index in [1.807, 2.05) is 12.1 Å². The molecular formula is C17H26F3N3O. The van der Waals surface area contributed by atoms with E-state index in [1.54, 1.807) is 19.2 Å². The van der Waals surface area contributed by atoms with Gasteiger partial charge in [-0.25, -0.2) is 0 Å². The Kier molecular flexibility index (Phi) is 8.04. The Morgan fingerprint density at radius 1 is 1.21 bits per heavy atom. The van der Waals surface area contributed by atoms with Gasteiger partial charge in [0, 0.05) is 19.6 Å². The van der Waals surface area contributed by atoms with Crippen LogP contribution in [0.25, 0.3) is 0 Å². The maximum absolute atomic E-state index is 12.1. The maximum atomic E-state index is 12.1. The van der Waals surface area contributed by atoms with E-state index in [1.165, 1.54) is 0 Å². The van der Waals surface area contributed by atoms with E-state index in [0.29, 0.717) is 24.0 Å². The lowest BCUT2D eigenvalue weighted by molar-refractivity contribution is -0.176. The first-order valence-electron chi connectivity index (χ1n) is 7.90. The molecule has 0 radical (unpaired) electrons. The van der Waals surface area contributed by atoms with Crippen LogP contribution in [0.3, 0.4) is 0 Å². The number of nitrogens with zero attached hydrogens (tertiary/aromatic N) is 1. The molecule has 0 amide bonds. The van der Waals surface area contributed by atoms with Crippen LogP contribution in [0.4, 0.5) is 13.2 Å². The third-order valence-electron chi connectivity index (χ3n) is 3.57. The Bertz CT molecular complexity index is 530. The van der Waals surface area contributed by atoms with Gasteiger partial charge >= 0.3 is 6.18 Å². The van der Waals surface area contributed by atoms with Gasteiger partial charge in [0.25, 0.3) is 0 Å². The summed E-state index contributed by atoms with van der Waals surface area (Å²) in [5.41, 5.74) is 1.65. The normalized spacial score (nSPS) is 13.9. The molecule has 0 aliphatic heterocycles. The summed E-state index contributed by atoms with van der Waals surface area (Å²) in [6, 6.07) is 7.55. The van der Waals surface area contributed by atoms with Crippen molar-refractivity contribution < 1.29 is 17.9 Å². The van der Waals surface area contributed by atoms with Gasteiger partial charge in [0.2, 0.25) is 0 Å². The summed E-state index contributed by atoms with van der Waals surface area (Å²) in [6.45, 7) is 5.54. The van der Waals surface area contributed by atoms with Crippen molar-refractivity contribution >= 4 is 5.96 Å². The molecule has 0 aliphatic rings. The van der Waals surface area contributed by atoms with Crippen LogP contribution in [-0.4, -0.2) is 31.8 Å². The highest BCUT2D eigenvalue weighted by Crippen LogP contribution is 2.16. The molecule has 0 heterocycles. The van der Waals surface area contributed by atoms with Gasteiger partial charge in [-0.05, 0) is 24.0 Å². The minimum Gasteiger partial charge on any atom is -0.367 e. The van der Waals surface area contributed by atoms with Gasteiger partial charge in [-0.3, -0.25) is 4.99 Å². The average molecular weight is 345 g/mol. The number of guanidine groups is 1. The van der Waals surface area contributed by atoms with Gasteiger partial charge in [0.1, 0.15) is 6.61 Å². The molecule has 0 aromatic heterocycles. The van der Waals surface area contributed by atoms with Crippen LogP contribution in [0, 0.1) is 5.92 Å². The topological polar surface area (TPSA) is 45.7 Å². The van der Waals surface area contributed by atoms with Gasteiger partial charge < -0.3 is 15.4 Å². The summed E-state index contributed by atoms with van der Waals surface area (Å²) in [5.74, 6) is 1.16. The average Bonchev–Trinajstić information content (AvgIpc) is 2.50. The number of alkyl halides is 3. The first kappa shape index (κ1) is 20.3. The number of rotatable bonds is 7. The van der Waals surface area contributed by atoms with E-state index in [9.17, 15) is 13.2 Å². The number of halogens is 3. The molecule has 136 valence electrons. The molecule has 0 fully saturated rings. The SMILES string of the molecule is CN=C(NCc1cccc(COCC(F)(F)F)c1)NC(C)C(C)C. The minimum absolute atomic E-state index is 0.0648. The van der Waals surface area contributed by atoms with Gasteiger partial charge in [-0.15, -0.1) is 0 Å². The molecule has 2 N–H and O–H groups in total. The van der Waals surface area contributed by atoms with Crippen LogP contribution in [0.2, 0.25) is 0 Å². The molecule has 0 spiro atoms. The summed E-state index contributed by atoms with van der Waals surface area (Å²) in [5, 5.41) is 6.49. The lowest BCUT2D eigenvalue weighted by atomic mass is 10.1. The summed E-state index contributed by atoms with van der Waals surface area (Å²) in [7, 11) is 1.70. The van der Waals surface area contributed by atoms with Crippen molar-refractivity contribution in [3.8, 4) is 0 Å². The third kappa shape index (κ3) is 8.19. The first-order chi connectivity index (χ1) is 11.2. The Morgan fingerprint density at radius 3 is 2.46 bits per heavy atom. The molecule has 4 nitrogen and oxygen atoms in total. The predicted octanol–water partition coefficient (Wildman–Crippen LogP) is 3.48. The number of aliphatic imine (C=N–C) groups is 1. The standard InChI is InChI=1S/C17H26F3N3O/c1-12(2)13(3)23-16(21-4)22-9-14-6-5-7-15(8-14)10-24-11-17(18,19)20/h5-8,12-13H,9-11H2,1-4H3,(H2,21,22,23). The van der Waals surface area contributed by atoms with Crippen molar-refractivity contribution in [2.75, 3.05) is 13.7 Å². The van der Waals surface area contributed by atoms with Crippen molar-refractivity contribution in [1.82, 2.24) is 10.6 Å². The number of ether oxygens (including phenoxy) is 1. The lowest BCUT2D eigenvalue weighted by Gasteiger charge is -2.20. The zero-order chi connectivity index (χ0) is 18.2. The summed E-state index contributed by atoms with van der Waals surface area (Å²) >= 11 is 0. The van der Waals surface area contributed by atoms with E-state index in [-0.39, 0.29) is 12.6 Å². The van der Waals surface area contributed by atoms with E-state index >= 15 is 0 Å². The predicted molar refractivity (Wildman–Crippen MR) is 89.8 cm³/mol. The molecule has 1 aromatic carbocycles. The fraction of sp³-hybridized carbons (Fsp3) is 0.588. The lowest BCUT2D eigenvalue weighted by Crippen LogP contribution is -2.43. The molecular weight excluding hydrogens is 319 g/mol. The van der Waals surface area contributed by atoms with E-state index in [4.69, 9.17) is 0 Å². The molecule has 0 saturated heterocycles.